The fourth-order valence-electron chi connectivity index (χ4n) is 5.94. The predicted molar refractivity (Wildman–Crippen MR) is 103 cm³/mol. The number of aliphatic hydroxyl groups excluding tert-OH is 1. The van der Waals surface area contributed by atoms with Crippen LogP contribution in [0.1, 0.15) is 55.8 Å². The highest BCUT2D eigenvalue weighted by Gasteiger charge is 2.62. The molecule has 3 aliphatic carbocycles. The molecule has 2 bridgehead atoms. The van der Waals surface area contributed by atoms with Gasteiger partial charge in [-0.2, -0.15) is 0 Å². The van der Waals surface area contributed by atoms with Gasteiger partial charge in [0, 0.05) is 31.3 Å². The van der Waals surface area contributed by atoms with E-state index in [9.17, 15) is 14.7 Å². The van der Waals surface area contributed by atoms with Gasteiger partial charge in [0.1, 0.15) is 5.75 Å². The Bertz CT molecular complexity index is 819. The molecule has 1 spiro atoms. The van der Waals surface area contributed by atoms with Crippen molar-refractivity contribution in [3.05, 3.63) is 29.8 Å². The van der Waals surface area contributed by atoms with Gasteiger partial charge in [-0.3, -0.25) is 9.59 Å². The van der Waals surface area contributed by atoms with E-state index in [1.54, 1.807) is 6.07 Å². The molecule has 4 atom stereocenters. The van der Waals surface area contributed by atoms with Crippen LogP contribution in [0.15, 0.2) is 24.3 Å². The van der Waals surface area contributed by atoms with Crippen LogP contribution in [0.5, 0.6) is 5.75 Å². The third-order valence-corrected chi connectivity index (χ3v) is 7.57. The number of hydrogen-bond donors (Lipinski definition) is 2. The molecule has 2 heterocycles. The number of likely N-dealkylation sites (tertiary alicyclic amines) is 1. The molecule has 4 fully saturated rings. The van der Waals surface area contributed by atoms with Crippen LogP contribution < -0.4 is 10.1 Å². The number of rotatable bonds is 1. The van der Waals surface area contributed by atoms with Crippen LogP contribution >= 0.6 is 0 Å². The summed E-state index contributed by atoms with van der Waals surface area (Å²) in [6.07, 6.45) is 4.40. The Hall–Kier alpha value is -2.08. The summed E-state index contributed by atoms with van der Waals surface area (Å²) in [6.45, 7) is 3.47. The van der Waals surface area contributed by atoms with Gasteiger partial charge in [-0.1, -0.05) is 19.1 Å². The number of carbonyl (C=O) groups is 2. The molecule has 0 unspecified atom stereocenters. The molecule has 1 aromatic rings. The molecule has 150 valence electrons. The van der Waals surface area contributed by atoms with E-state index < -0.39 is 5.72 Å². The highest BCUT2D eigenvalue weighted by Crippen LogP contribution is 2.59. The molecule has 1 saturated heterocycles. The van der Waals surface area contributed by atoms with Gasteiger partial charge in [0.2, 0.25) is 5.91 Å². The largest absolute Gasteiger partial charge is 0.467 e. The van der Waals surface area contributed by atoms with E-state index in [1.807, 2.05) is 23.1 Å². The number of aliphatic hydroxyl groups is 1. The van der Waals surface area contributed by atoms with E-state index in [4.69, 9.17) is 4.74 Å². The van der Waals surface area contributed by atoms with Gasteiger partial charge in [0.15, 0.2) is 5.72 Å². The van der Waals surface area contributed by atoms with Crippen LogP contribution in [0.25, 0.3) is 0 Å². The molecule has 6 nitrogen and oxygen atoms in total. The molecule has 3 saturated carbocycles. The van der Waals surface area contributed by atoms with Crippen LogP contribution in [0.4, 0.5) is 0 Å². The number of amides is 2. The smallest absolute Gasteiger partial charge is 0.258 e. The lowest BCUT2D eigenvalue weighted by Crippen LogP contribution is -2.69. The van der Waals surface area contributed by atoms with Crippen molar-refractivity contribution < 1.29 is 19.4 Å². The molecule has 6 rings (SSSR count). The molecule has 2 amide bonds. The maximum Gasteiger partial charge on any atom is 0.258 e. The summed E-state index contributed by atoms with van der Waals surface area (Å²) in [5.41, 5.74) is -0.311. The van der Waals surface area contributed by atoms with Gasteiger partial charge in [0.25, 0.3) is 5.91 Å². The summed E-state index contributed by atoms with van der Waals surface area (Å²) in [7, 11) is 0. The first-order chi connectivity index (χ1) is 13.4. The summed E-state index contributed by atoms with van der Waals surface area (Å²) in [5.74, 6) is 0.887. The number of piperidine rings is 1. The zero-order chi connectivity index (χ0) is 19.5. The van der Waals surface area contributed by atoms with Crippen molar-refractivity contribution in [1.29, 1.82) is 0 Å². The first kappa shape index (κ1) is 18.0. The number of ether oxygens (including phenoxy) is 1. The number of fused-ring (bicyclic) bond motifs is 3. The zero-order valence-electron chi connectivity index (χ0n) is 16.3. The van der Waals surface area contributed by atoms with Crippen molar-refractivity contribution in [2.75, 3.05) is 13.1 Å². The average Bonchev–Trinajstić information content (AvgIpc) is 2.67. The van der Waals surface area contributed by atoms with Crippen LogP contribution in [0.3, 0.4) is 0 Å². The maximum atomic E-state index is 13.3. The van der Waals surface area contributed by atoms with E-state index in [0.29, 0.717) is 43.7 Å². The molecule has 1 aromatic carbocycles. The molecule has 2 aliphatic heterocycles. The minimum absolute atomic E-state index is 0.0372. The van der Waals surface area contributed by atoms with Crippen molar-refractivity contribution in [3.63, 3.8) is 0 Å². The number of nitrogens with one attached hydrogen (secondary N) is 1. The van der Waals surface area contributed by atoms with Crippen molar-refractivity contribution in [3.8, 4) is 5.75 Å². The van der Waals surface area contributed by atoms with Crippen molar-refractivity contribution in [2.24, 2.45) is 17.3 Å². The molecular formula is C22H28N2O4. The minimum atomic E-state index is -0.701. The lowest BCUT2D eigenvalue weighted by Gasteiger charge is -2.60. The summed E-state index contributed by atoms with van der Waals surface area (Å²) >= 11 is 0. The van der Waals surface area contributed by atoms with Gasteiger partial charge in [0.05, 0.1) is 11.7 Å². The predicted octanol–water partition coefficient (Wildman–Crippen LogP) is 2.31. The number of benzene rings is 1. The quantitative estimate of drug-likeness (QED) is 0.779. The summed E-state index contributed by atoms with van der Waals surface area (Å²) in [5, 5.41) is 12.9. The van der Waals surface area contributed by atoms with E-state index in [0.717, 1.165) is 19.3 Å². The summed E-state index contributed by atoms with van der Waals surface area (Å²) < 4.78 is 6.43. The number of carbonyl (C=O) groups excluding carboxylic acids is 2. The normalized spacial score (nSPS) is 37.4. The highest BCUT2D eigenvalue weighted by atomic mass is 16.5. The maximum absolute atomic E-state index is 13.3. The monoisotopic (exact) mass is 384 g/mol. The molecule has 6 heteroatoms. The van der Waals surface area contributed by atoms with Gasteiger partial charge in [-0.15, -0.1) is 0 Å². The van der Waals surface area contributed by atoms with Crippen molar-refractivity contribution in [1.82, 2.24) is 10.2 Å². The Labute approximate surface area is 165 Å². The zero-order valence-corrected chi connectivity index (χ0v) is 16.3. The molecule has 0 radical (unpaired) electrons. The fourth-order valence-corrected chi connectivity index (χ4v) is 5.94. The second kappa shape index (κ2) is 6.21. The molecular weight excluding hydrogens is 356 g/mol. The van der Waals surface area contributed by atoms with Crippen molar-refractivity contribution >= 4 is 11.8 Å². The number of para-hydroxylation sites is 1. The lowest BCUT2D eigenvalue weighted by molar-refractivity contribution is -0.175. The van der Waals surface area contributed by atoms with Crippen LogP contribution in [-0.4, -0.2) is 46.7 Å². The van der Waals surface area contributed by atoms with Crippen molar-refractivity contribution in [2.45, 2.75) is 57.3 Å². The first-order valence-electron chi connectivity index (χ1n) is 10.5. The Kier molecular flexibility index (Phi) is 3.99. The molecule has 28 heavy (non-hydrogen) atoms. The minimum Gasteiger partial charge on any atom is -0.467 e. The van der Waals surface area contributed by atoms with Crippen LogP contribution in [-0.2, 0) is 4.79 Å². The van der Waals surface area contributed by atoms with Crippen LogP contribution in [0.2, 0.25) is 0 Å². The Morgan fingerprint density at radius 2 is 2.00 bits per heavy atom. The lowest BCUT2D eigenvalue weighted by atomic mass is 9.52. The highest BCUT2D eigenvalue weighted by molar-refractivity contribution is 5.98. The SMILES string of the molecule is C[C@@]12CC[C@@H](C[C@@H]1C(=O)N1CCC(O)CC1)[C@@]1(C2)NC(=O)c2ccccc2O1. The molecule has 0 aromatic heterocycles. The first-order valence-corrected chi connectivity index (χ1v) is 10.5. The Balaban J connectivity index is 1.40. The van der Waals surface area contributed by atoms with E-state index in [-0.39, 0.29) is 35.2 Å². The summed E-state index contributed by atoms with van der Waals surface area (Å²) in [6, 6.07) is 7.39. The third-order valence-electron chi connectivity index (χ3n) is 7.57. The standard InChI is InChI=1S/C22H28N2O4/c1-21-9-6-14(12-17(21)20(27)24-10-7-15(25)8-11-24)22(13-21)23-19(26)16-4-2-3-5-18(16)28-22/h2-5,14-15,17,25H,6-13H2,1H3,(H,23,26)/t14-,17+,21-,22-/m0/s1. The van der Waals surface area contributed by atoms with Gasteiger partial charge < -0.3 is 20.1 Å². The Morgan fingerprint density at radius 1 is 1.25 bits per heavy atom. The van der Waals surface area contributed by atoms with E-state index >= 15 is 0 Å². The fraction of sp³-hybridized carbons (Fsp3) is 0.636. The second-order valence-electron chi connectivity index (χ2n) is 9.35. The number of nitrogens with zero attached hydrogens (tertiary/aromatic N) is 1. The molecule has 5 aliphatic rings. The average molecular weight is 384 g/mol. The third kappa shape index (κ3) is 2.65. The number of hydrogen-bond acceptors (Lipinski definition) is 4. The second-order valence-corrected chi connectivity index (χ2v) is 9.35. The summed E-state index contributed by atoms with van der Waals surface area (Å²) in [4.78, 5) is 28.0. The topological polar surface area (TPSA) is 78.9 Å². The van der Waals surface area contributed by atoms with E-state index in [2.05, 4.69) is 12.2 Å². The van der Waals surface area contributed by atoms with Gasteiger partial charge in [-0.05, 0) is 49.7 Å². The Morgan fingerprint density at radius 3 is 2.75 bits per heavy atom. The molecule has 2 N–H and O–H groups in total. The van der Waals surface area contributed by atoms with Gasteiger partial charge in [-0.25, -0.2) is 0 Å². The van der Waals surface area contributed by atoms with E-state index in [1.165, 1.54) is 0 Å². The van der Waals surface area contributed by atoms with Gasteiger partial charge >= 0.3 is 0 Å². The van der Waals surface area contributed by atoms with Crippen LogP contribution in [0, 0.1) is 17.3 Å².